The predicted octanol–water partition coefficient (Wildman–Crippen LogP) is 3.25. The first-order chi connectivity index (χ1) is 11.4. The maximum absolute atomic E-state index is 12.1. The summed E-state index contributed by atoms with van der Waals surface area (Å²) in [4.78, 5) is 40.5. The largest absolute Gasteiger partial charge is 0.462 e. The van der Waals surface area contributed by atoms with Crippen LogP contribution in [0.25, 0.3) is 0 Å². The number of Topliss-reactive ketones (excluding diaryl/α,β-unsaturated/α-hetero) is 1. The summed E-state index contributed by atoms with van der Waals surface area (Å²) in [6.45, 7) is 7.39. The van der Waals surface area contributed by atoms with E-state index in [4.69, 9.17) is 17.0 Å². The number of aryl methyl sites for hydroxylation is 1. The molecular formula is C17H24N2O4S. The van der Waals surface area contributed by atoms with Gasteiger partial charge >= 0.3 is 5.97 Å². The number of esters is 1. The Bertz CT molecular complexity index is 718. The van der Waals surface area contributed by atoms with Crippen LogP contribution in [0.1, 0.15) is 62.0 Å². The second-order valence-electron chi connectivity index (χ2n) is 5.62. The van der Waals surface area contributed by atoms with E-state index >= 15 is 0 Å². The van der Waals surface area contributed by atoms with Crippen molar-refractivity contribution >= 4 is 24.0 Å². The third-order valence-electron chi connectivity index (χ3n) is 3.59. The number of aromatic amines is 2. The first-order valence-electron chi connectivity index (χ1n) is 8.08. The Morgan fingerprint density at radius 2 is 1.83 bits per heavy atom. The van der Waals surface area contributed by atoms with Crippen LogP contribution in [0.5, 0.6) is 0 Å². The van der Waals surface area contributed by atoms with Crippen LogP contribution in [0.2, 0.25) is 0 Å². The fourth-order valence-electron chi connectivity index (χ4n) is 2.21. The molecule has 0 aromatic carbocycles. The van der Waals surface area contributed by atoms with Crippen LogP contribution in [0.4, 0.5) is 0 Å². The van der Waals surface area contributed by atoms with Crippen LogP contribution in [-0.4, -0.2) is 28.3 Å². The van der Waals surface area contributed by atoms with Crippen molar-refractivity contribution in [3.8, 4) is 0 Å². The molecule has 6 nitrogen and oxygen atoms in total. The summed E-state index contributed by atoms with van der Waals surface area (Å²) in [5.41, 5.74) is 0.520. The monoisotopic (exact) mass is 352 g/mol. The average molecular weight is 352 g/mol. The summed E-state index contributed by atoms with van der Waals surface area (Å²) < 4.78 is 5.36. The molecule has 1 aromatic rings. The van der Waals surface area contributed by atoms with E-state index in [0.29, 0.717) is 30.5 Å². The standard InChI is InChI=1S/C17H24N2O4S/c1-4-12-14(15(21)19-17(24)18-12)16(22)23-10-8-6-5-7-9-13(20)11(2)3/h2,4-10H2,1,3H3,(H2,18,19,21,24). The van der Waals surface area contributed by atoms with Gasteiger partial charge in [0.2, 0.25) is 0 Å². The molecular weight excluding hydrogens is 328 g/mol. The van der Waals surface area contributed by atoms with Gasteiger partial charge in [-0.3, -0.25) is 14.6 Å². The zero-order valence-corrected chi connectivity index (χ0v) is 15.0. The summed E-state index contributed by atoms with van der Waals surface area (Å²) in [5, 5.41) is 0. The Morgan fingerprint density at radius 1 is 1.17 bits per heavy atom. The molecule has 7 heteroatoms. The molecule has 0 aliphatic carbocycles. The van der Waals surface area contributed by atoms with E-state index in [1.165, 1.54) is 0 Å². The molecule has 0 aliphatic heterocycles. The highest BCUT2D eigenvalue weighted by molar-refractivity contribution is 7.71. The van der Waals surface area contributed by atoms with Gasteiger partial charge in [0.25, 0.3) is 5.56 Å². The van der Waals surface area contributed by atoms with E-state index in [-0.39, 0.29) is 22.7 Å². The lowest BCUT2D eigenvalue weighted by atomic mass is 10.1. The van der Waals surface area contributed by atoms with Gasteiger partial charge in [0, 0.05) is 12.1 Å². The van der Waals surface area contributed by atoms with Crippen molar-refractivity contribution in [1.82, 2.24) is 9.97 Å². The van der Waals surface area contributed by atoms with Gasteiger partial charge in [-0.05, 0) is 44.0 Å². The first-order valence-corrected chi connectivity index (χ1v) is 8.49. The molecule has 0 radical (unpaired) electrons. The zero-order valence-electron chi connectivity index (χ0n) is 14.2. The Hall–Kier alpha value is -2.02. The molecule has 0 saturated carbocycles. The molecule has 0 fully saturated rings. The average Bonchev–Trinajstić information content (AvgIpc) is 2.52. The Labute approximate surface area is 146 Å². The third kappa shape index (κ3) is 6.23. The minimum Gasteiger partial charge on any atom is -0.462 e. The number of hydrogen-bond donors (Lipinski definition) is 2. The van der Waals surface area contributed by atoms with Gasteiger partial charge in [0.15, 0.2) is 10.6 Å². The van der Waals surface area contributed by atoms with Crippen molar-refractivity contribution in [2.24, 2.45) is 0 Å². The number of hydrogen-bond acceptors (Lipinski definition) is 5. The molecule has 0 spiro atoms. The molecule has 1 aromatic heterocycles. The van der Waals surface area contributed by atoms with Crippen molar-refractivity contribution in [1.29, 1.82) is 0 Å². The van der Waals surface area contributed by atoms with E-state index in [1.807, 2.05) is 6.92 Å². The van der Waals surface area contributed by atoms with Gasteiger partial charge in [-0.25, -0.2) is 4.79 Å². The number of unbranched alkanes of at least 4 members (excludes halogenated alkanes) is 3. The predicted molar refractivity (Wildman–Crippen MR) is 94.8 cm³/mol. The van der Waals surface area contributed by atoms with Crippen molar-refractivity contribution < 1.29 is 14.3 Å². The Balaban J connectivity index is 2.38. The number of aromatic nitrogens is 2. The minimum atomic E-state index is -0.642. The molecule has 0 unspecified atom stereocenters. The van der Waals surface area contributed by atoms with Gasteiger partial charge < -0.3 is 9.72 Å². The quantitative estimate of drug-likeness (QED) is 0.292. The van der Waals surface area contributed by atoms with Crippen LogP contribution >= 0.6 is 12.2 Å². The van der Waals surface area contributed by atoms with E-state index in [2.05, 4.69) is 16.5 Å². The normalized spacial score (nSPS) is 10.4. The summed E-state index contributed by atoms with van der Waals surface area (Å²) in [5.74, 6) is -0.550. The first kappa shape index (κ1) is 20.0. The van der Waals surface area contributed by atoms with Gasteiger partial charge in [-0.15, -0.1) is 0 Å². The van der Waals surface area contributed by atoms with Crippen molar-refractivity contribution in [3.05, 3.63) is 38.5 Å². The lowest BCUT2D eigenvalue weighted by Crippen LogP contribution is -2.24. The molecule has 0 aliphatic rings. The number of ether oxygens (including phenoxy) is 1. The van der Waals surface area contributed by atoms with E-state index in [1.54, 1.807) is 6.92 Å². The summed E-state index contributed by atoms with van der Waals surface area (Å²) >= 11 is 4.89. The topological polar surface area (TPSA) is 92.0 Å². The lowest BCUT2D eigenvalue weighted by molar-refractivity contribution is -0.115. The van der Waals surface area contributed by atoms with E-state index in [9.17, 15) is 14.4 Å². The van der Waals surface area contributed by atoms with Crippen LogP contribution in [-0.2, 0) is 16.0 Å². The van der Waals surface area contributed by atoms with Crippen LogP contribution < -0.4 is 5.56 Å². The highest BCUT2D eigenvalue weighted by Gasteiger charge is 2.17. The number of H-pyrrole nitrogens is 2. The molecule has 0 atom stereocenters. The van der Waals surface area contributed by atoms with Gasteiger partial charge in [0.05, 0.1) is 6.61 Å². The SMILES string of the molecule is C=C(C)C(=O)CCCCCCOC(=O)c1c(CC)[nH]c(=S)[nH]c1=O. The summed E-state index contributed by atoms with van der Waals surface area (Å²) in [7, 11) is 0. The fourth-order valence-corrected chi connectivity index (χ4v) is 2.42. The van der Waals surface area contributed by atoms with Gasteiger partial charge in [0.1, 0.15) is 5.56 Å². The van der Waals surface area contributed by atoms with Crippen LogP contribution in [0.3, 0.4) is 0 Å². The molecule has 132 valence electrons. The molecule has 0 bridgehead atoms. The highest BCUT2D eigenvalue weighted by Crippen LogP contribution is 2.08. The maximum atomic E-state index is 12.1. The molecule has 0 saturated heterocycles. The molecule has 0 amide bonds. The molecule has 2 N–H and O–H groups in total. The van der Waals surface area contributed by atoms with E-state index in [0.717, 1.165) is 19.3 Å². The summed E-state index contributed by atoms with van der Waals surface area (Å²) in [6, 6.07) is 0. The Morgan fingerprint density at radius 3 is 2.46 bits per heavy atom. The van der Waals surface area contributed by atoms with Gasteiger partial charge in [-0.2, -0.15) is 0 Å². The zero-order chi connectivity index (χ0) is 18.1. The Kier molecular flexibility index (Phi) is 8.32. The van der Waals surface area contributed by atoms with Crippen LogP contribution in [0.15, 0.2) is 16.9 Å². The fraction of sp³-hybridized carbons (Fsp3) is 0.529. The van der Waals surface area contributed by atoms with Crippen molar-refractivity contribution in [2.45, 2.75) is 52.4 Å². The van der Waals surface area contributed by atoms with Crippen molar-refractivity contribution in [3.63, 3.8) is 0 Å². The lowest BCUT2D eigenvalue weighted by Gasteiger charge is -2.07. The molecule has 24 heavy (non-hydrogen) atoms. The molecule has 1 heterocycles. The number of carbonyl (C=O) groups is 2. The van der Waals surface area contributed by atoms with Crippen LogP contribution in [0, 0.1) is 4.77 Å². The minimum absolute atomic E-state index is 0.0156. The number of allylic oxidation sites excluding steroid dienone is 1. The highest BCUT2D eigenvalue weighted by atomic mass is 32.1. The third-order valence-corrected chi connectivity index (χ3v) is 3.79. The maximum Gasteiger partial charge on any atom is 0.345 e. The van der Waals surface area contributed by atoms with Gasteiger partial charge in [-0.1, -0.05) is 26.3 Å². The molecule has 1 rings (SSSR count). The number of carbonyl (C=O) groups excluding carboxylic acids is 2. The smallest absolute Gasteiger partial charge is 0.345 e. The number of ketones is 1. The second-order valence-corrected chi connectivity index (χ2v) is 6.03. The number of rotatable bonds is 10. The summed E-state index contributed by atoms with van der Waals surface area (Å²) in [6.07, 6.45) is 4.22. The number of nitrogens with one attached hydrogen (secondary N) is 2. The second kappa shape index (κ2) is 9.97. The van der Waals surface area contributed by atoms with Crippen molar-refractivity contribution in [2.75, 3.05) is 6.61 Å². The van der Waals surface area contributed by atoms with E-state index < -0.39 is 11.5 Å².